The number of aromatic amines is 2. The minimum atomic E-state index is -0.143. The lowest BCUT2D eigenvalue weighted by molar-refractivity contribution is 0.802. The molecule has 7 heteroatoms. The summed E-state index contributed by atoms with van der Waals surface area (Å²) in [5.74, 6) is 2.07. The van der Waals surface area contributed by atoms with E-state index in [4.69, 9.17) is 0 Å². The highest BCUT2D eigenvalue weighted by Crippen LogP contribution is 1.99. The van der Waals surface area contributed by atoms with Gasteiger partial charge in [0.25, 0.3) is 5.56 Å². The van der Waals surface area contributed by atoms with E-state index in [0.717, 1.165) is 25.2 Å². The first-order chi connectivity index (χ1) is 8.24. The van der Waals surface area contributed by atoms with E-state index >= 15 is 0 Å². The number of hydrogen-bond donors (Lipinski definition) is 3. The van der Waals surface area contributed by atoms with Crippen molar-refractivity contribution in [2.24, 2.45) is 0 Å². The van der Waals surface area contributed by atoms with Crippen LogP contribution in [0.5, 0.6) is 0 Å². The number of aromatic nitrogens is 5. The molecule has 2 aromatic rings. The summed E-state index contributed by atoms with van der Waals surface area (Å²) >= 11 is 0. The second kappa shape index (κ2) is 5.24. The van der Waals surface area contributed by atoms with Gasteiger partial charge in [-0.2, -0.15) is 5.10 Å². The highest BCUT2D eigenvalue weighted by atomic mass is 16.1. The third-order valence-electron chi connectivity index (χ3n) is 2.22. The van der Waals surface area contributed by atoms with Gasteiger partial charge in [0, 0.05) is 19.0 Å². The number of anilines is 1. The first kappa shape index (κ1) is 11.3. The Morgan fingerprint density at radius 3 is 3.06 bits per heavy atom. The average Bonchev–Trinajstić information content (AvgIpc) is 2.76. The van der Waals surface area contributed by atoms with Crippen LogP contribution >= 0.6 is 0 Å². The highest BCUT2D eigenvalue weighted by Gasteiger charge is 1.98. The fraction of sp³-hybridized carbons (Fsp3) is 0.400. The van der Waals surface area contributed by atoms with Crippen LogP contribution in [0.4, 0.5) is 5.82 Å². The third kappa shape index (κ3) is 3.40. The Labute approximate surface area is 97.7 Å². The number of nitrogens with zero attached hydrogens (tertiary/aromatic N) is 3. The monoisotopic (exact) mass is 234 g/mol. The zero-order chi connectivity index (χ0) is 12.1. The molecule has 2 aromatic heterocycles. The third-order valence-corrected chi connectivity index (χ3v) is 2.22. The van der Waals surface area contributed by atoms with Crippen molar-refractivity contribution in [2.45, 2.75) is 19.8 Å². The average molecular weight is 234 g/mol. The van der Waals surface area contributed by atoms with Crippen molar-refractivity contribution >= 4 is 5.82 Å². The summed E-state index contributed by atoms with van der Waals surface area (Å²) in [6.45, 7) is 2.48. The topological polar surface area (TPSA) is 99.3 Å². The van der Waals surface area contributed by atoms with E-state index < -0.39 is 0 Å². The minimum absolute atomic E-state index is 0.143. The van der Waals surface area contributed by atoms with Gasteiger partial charge in [-0.15, -0.1) is 0 Å². The van der Waals surface area contributed by atoms with Crippen LogP contribution in [-0.4, -0.2) is 31.7 Å². The molecule has 7 nitrogen and oxygen atoms in total. The van der Waals surface area contributed by atoms with Gasteiger partial charge in [0.2, 0.25) is 0 Å². The van der Waals surface area contributed by atoms with E-state index in [0.29, 0.717) is 11.6 Å². The zero-order valence-corrected chi connectivity index (χ0v) is 9.53. The maximum Gasteiger partial charge on any atom is 0.252 e. The van der Waals surface area contributed by atoms with Gasteiger partial charge in [0.1, 0.15) is 23.8 Å². The Morgan fingerprint density at radius 2 is 2.35 bits per heavy atom. The molecule has 0 amide bonds. The summed E-state index contributed by atoms with van der Waals surface area (Å²) in [7, 11) is 0. The van der Waals surface area contributed by atoms with Crippen molar-refractivity contribution < 1.29 is 0 Å². The lowest BCUT2D eigenvalue weighted by Crippen LogP contribution is -2.13. The smallest absolute Gasteiger partial charge is 0.252 e. The Kier molecular flexibility index (Phi) is 3.49. The normalized spacial score (nSPS) is 10.4. The van der Waals surface area contributed by atoms with Gasteiger partial charge in [-0.3, -0.25) is 9.89 Å². The molecule has 0 radical (unpaired) electrons. The van der Waals surface area contributed by atoms with Crippen molar-refractivity contribution in [1.82, 2.24) is 25.1 Å². The Balaban J connectivity index is 1.80. The first-order valence-corrected chi connectivity index (χ1v) is 5.40. The van der Waals surface area contributed by atoms with E-state index in [9.17, 15) is 4.79 Å². The van der Waals surface area contributed by atoms with E-state index in [1.54, 1.807) is 6.92 Å². The number of aryl methyl sites for hydroxylation is 2. The van der Waals surface area contributed by atoms with Crippen molar-refractivity contribution in [3.05, 3.63) is 34.4 Å². The van der Waals surface area contributed by atoms with Crippen LogP contribution < -0.4 is 10.9 Å². The van der Waals surface area contributed by atoms with E-state index in [2.05, 4.69) is 30.5 Å². The molecule has 3 N–H and O–H groups in total. The summed E-state index contributed by atoms with van der Waals surface area (Å²) in [6, 6.07) is 1.45. The van der Waals surface area contributed by atoms with Gasteiger partial charge in [-0.05, 0) is 13.3 Å². The molecule has 90 valence electrons. The van der Waals surface area contributed by atoms with Crippen LogP contribution in [0, 0.1) is 6.92 Å². The molecule has 0 unspecified atom stereocenters. The van der Waals surface area contributed by atoms with Gasteiger partial charge >= 0.3 is 0 Å². The maximum atomic E-state index is 11.2. The second-order valence-corrected chi connectivity index (χ2v) is 3.68. The molecule has 0 aliphatic heterocycles. The predicted molar refractivity (Wildman–Crippen MR) is 62.8 cm³/mol. The number of H-pyrrole nitrogens is 2. The van der Waals surface area contributed by atoms with Crippen molar-refractivity contribution in [3.8, 4) is 0 Å². The minimum Gasteiger partial charge on any atom is -0.370 e. The predicted octanol–water partition coefficient (Wildman–Crippen LogP) is 0.241. The van der Waals surface area contributed by atoms with Crippen LogP contribution in [0.3, 0.4) is 0 Å². The second-order valence-electron chi connectivity index (χ2n) is 3.68. The molecular weight excluding hydrogens is 220 g/mol. The van der Waals surface area contributed by atoms with Gasteiger partial charge in [0.15, 0.2) is 0 Å². The lowest BCUT2D eigenvalue weighted by Gasteiger charge is -2.04. The Bertz CT molecular complexity index is 518. The molecule has 0 aliphatic carbocycles. The maximum absolute atomic E-state index is 11.2. The molecule has 2 heterocycles. The summed E-state index contributed by atoms with van der Waals surface area (Å²) in [5.41, 5.74) is -0.143. The van der Waals surface area contributed by atoms with Crippen LogP contribution in [0.15, 0.2) is 17.2 Å². The zero-order valence-electron chi connectivity index (χ0n) is 9.53. The van der Waals surface area contributed by atoms with Crippen LogP contribution in [0.1, 0.15) is 18.1 Å². The molecular formula is C10H14N6O. The molecule has 0 bridgehead atoms. The molecule has 17 heavy (non-hydrogen) atoms. The molecule has 0 aromatic carbocycles. The fourth-order valence-corrected chi connectivity index (χ4v) is 1.49. The molecule has 2 rings (SSSR count). The molecule has 0 fully saturated rings. The highest BCUT2D eigenvalue weighted by molar-refractivity contribution is 5.32. The van der Waals surface area contributed by atoms with Crippen molar-refractivity contribution in [1.29, 1.82) is 0 Å². The van der Waals surface area contributed by atoms with Crippen molar-refractivity contribution in [3.63, 3.8) is 0 Å². The van der Waals surface area contributed by atoms with E-state index in [1.807, 2.05) is 0 Å². The molecule has 0 saturated heterocycles. The quantitative estimate of drug-likeness (QED) is 0.643. The Morgan fingerprint density at radius 1 is 1.47 bits per heavy atom. The summed E-state index contributed by atoms with van der Waals surface area (Å²) < 4.78 is 0. The Hall–Kier alpha value is -2.18. The van der Waals surface area contributed by atoms with Crippen LogP contribution in [0.2, 0.25) is 0 Å². The van der Waals surface area contributed by atoms with Gasteiger partial charge in [-0.1, -0.05) is 0 Å². The van der Waals surface area contributed by atoms with Gasteiger partial charge in [0.05, 0.1) is 0 Å². The molecule has 0 aliphatic rings. The van der Waals surface area contributed by atoms with E-state index in [-0.39, 0.29) is 5.56 Å². The standard InChI is InChI=1S/C10H14N6O/c1-7-14-9(5-10(17)15-7)11-4-2-3-8-12-6-13-16-8/h5-6H,2-4H2,1H3,(H,12,13,16)(H2,11,14,15,17). The SMILES string of the molecule is Cc1nc(NCCCc2ncn[nH]2)cc(=O)[nH]1. The lowest BCUT2D eigenvalue weighted by atomic mass is 10.3. The number of nitrogens with one attached hydrogen (secondary N) is 3. The van der Waals surface area contributed by atoms with E-state index in [1.165, 1.54) is 12.4 Å². The van der Waals surface area contributed by atoms with Crippen molar-refractivity contribution in [2.75, 3.05) is 11.9 Å². The number of hydrogen-bond acceptors (Lipinski definition) is 5. The first-order valence-electron chi connectivity index (χ1n) is 5.40. The summed E-state index contributed by atoms with van der Waals surface area (Å²) in [5, 5.41) is 9.66. The van der Waals surface area contributed by atoms with Gasteiger partial charge in [-0.25, -0.2) is 9.97 Å². The molecule has 0 atom stereocenters. The largest absolute Gasteiger partial charge is 0.370 e. The van der Waals surface area contributed by atoms with Crippen LogP contribution in [0.25, 0.3) is 0 Å². The fourth-order valence-electron chi connectivity index (χ4n) is 1.49. The van der Waals surface area contributed by atoms with Gasteiger partial charge < -0.3 is 10.3 Å². The summed E-state index contributed by atoms with van der Waals surface area (Å²) in [4.78, 5) is 22.0. The molecule has 0 spiro atoms. The number of rotatable bonds is 5. The molecule has 0 saturated carbocycles. The van der Waals surface area contributed by atoms with Crippen LogP contribution in [-0.2, 0) is 6.42 Å². The summed E-state index contributed by atoms with van der Waals surface area (Å²) in [6.07, 6.45) is 3.20.